The standard InChI is InChI=1S/C21H26N6O2/c1-5-16-23-21(27(24-16)17-11-12-22-25(17)4)20-19(15-9-7-6-8-10-15)26(14(2)3)18(28)13-29-20/h6-12,14,19-20H,5,13H2,1-4H3/t19-,20+/m1/s1. The number of ether oxygens (including phenoxy) is 1. The Morgan fingerprint density at radius 3 is 2.59 bits per heavy atom. The highest BCUT2D eigenvalue weighted by atomic mass is 16.5. The number of benzene rings is 1. The van der Waals surface area contributed by atoms with Crippen LogP contribution in [0.2, 0.25) is 0 Å². The summed E-state index contributed by atoms with van der Waals surface area (Å²) in [5.41, 5.74) is 1.01. The van der Waals surface area contributed by atoms with Crippen molar-refractivity contribution >= 4 is 5.91 Å². The third-order valence-electron chi connectivity index (χ3n) is 5.22. The maximum atomic E-state index is 12.8. The topological polar surface area (TPSA) is 78.1 Å². The first-order chi connectivity index (χ1) is 14.0. The van der Waals surface area contributed by atoms with E-state index >= 15 is 0 Å². The fourth-order valence-corrected chi connectivity index (χ4v) is 3.88. The minimum absolute atomic E-state index is 0.0197. The Kier molecular flexibility index (Phi) is 5.19. The molecule has 0 N–H and O–H groups in total. The second-order valence-corrected chi connectivity index (χ2v) is 7.45. The number of rotatable bonds is 5. The first-order valence-corrected chi connectivity index (χ1v) is 9.93. The fraction of sp³-hybridized carbons (Fsp3) is 0.429. The molecular formula is C21H26N6O2. The summed E-state index contributed by atoms with van der Waals surface area (Å²) >= 11 is 0. The first kappa shape index (κ1) is 19.3. The zero-order chi connectivity index (χ0) is 20.5. The molecule has 1 aromatic carbocycles. The summed E-state index contributed by atoms with van der Waals surface area (Å²) in [6, 6.07) is 11.6. The Balaban J connectivity index is 1.87. The molecule has 1 fully saturated rings. The number of hydrogen-bond donors (Lipinski definition) is 0. The lowest BCUT2D eigenvalue weighted by atomic mass is 9.95. The van der Waals surface area contributed by atoms with Crippen LogP contribution in [0.1, 0.15) is 50.1 Å². The minimum Gasteiger partial charge on any atom is -0.358 e. The molecule has 2 atom stereocenters. The van der Waals surface area contributed by atoms with Gasteiger partial charge in [0, 0.05) is 25.6 Å². The van der Waals surface area contributed by atoms with Crippen LogP contribution >= 0.6 is 0 Å². The van der Waals surface area contributed by atoms with Crippen LogP contribution in [0.25, 0.3) is 5.82 Å². The molecule has 29 heavy (non-hydrogen) atoms. The number of aromatic nitrogens is 5. The van der Waals surface area contributed by atoms with Crippen molar-refractivity contribution < 1.29 is 9.53 Å². The molecule has 1 aliphatic rings. The smallest absolute Gasteiger partial charge is 0.249 e. The van der Waals surface area contributed by atoms with Gasteiger partial charge in [-0.2, -0.15) is 9.78 Å². The highest BCUT2D eigenvalue weighted by Gasteiger charge is 2.42. The van der Waals surface area contributed by atoms with Gasteiger partial charge in [-0.3, -0.25) is 9.48 Å². The molecule has 8 heteroatoms. The summed E-state index contributed by atoms with van der Waals surface area (Å²) in [7, 11) is 1.87. The van der Waals surface area contributed by atoms with Gasteiger partial charge < -0.3 is 9.64 Å². The van der Waals surface area contributed by atoms with E-state index in [9.17, 15) is 4.79 Å². The van der Waals surface area contributed by atoms with Crippen molar-refractivity contribution in [2.75, 3.05) is 6.61 Å². The molecule has 0 saturated carbocycles. The van der Waals surface area contributed by atoms with Gasteiger partial charge in [-0.15, -0.1) is 5.10 Å². The van der Waals surface area contributed by atoms with Crippen LogP contribution in [-0.2, 0) is 23.0 Å². The Morgan fingerprint density at radius 1 is 1.21 bits per heavy atom. The zero-order valence-electron chi connectivity index (χ0n) is 17.2. The molecule has 152 valence electrons. The van der Waals surface area contributed by atoms with Crippen LogP contribution < -0.4 is 0 Å². The van der Waals surface area contributed by atoms with Gasteiger partial charge in [0.1, 0.15) is 12.7 Å². The van der Waals surface area contributed by atoms with Gasteiger partial charge in [0.15, 0.2) is 17.5 Å². The normalized spacial score (nSPS) is 19.9. The largest absolute Gasteiger partial charge is 0.358 e. The van der Waals surface area contributed by atoms with Crippen LogP contribution in [0.4, 0.5) is 0 Å². The molecular weight excluding hydrogens is 368 g/mol. The van der Waals surface area contributed by atoms with E-state index in [1.807, 2.05) is 69.1 Å². The predicted octanol–water partition coefficient (Wildman–Crippen LogP) is 2.61. The number of nitrogens with zero attached hydrogens (tertiary/aromatic N) is 6. The van der Waals surface area contributed by atoms with Crippen molar-refractivity contribution in [1.82, 2.24) is 29.4 Å². The van der Waals surface area contributed by atoms with Gasteiger partial charge >= 0.3 is 0 Å². The molecule has 0 spiro atoms. The van der Waals surface area contributed by atoms with Gasteiger partial charge in [0.05, 0.1) is 12.2 Å². The van der Waals surface area contributed by atoms with Crippen LogP contribution in [0.3, 0.4) is 0 Å². The highest BCUT2D eigenvalue weighted by molar-refractivity contribution is 5.79. The van der Waals surface area contributed by atoms with Gasteiger partial charge in [-0.25, -0.2) is 4.98 Å². The Morgan fingerprint density at radius 2 is 1.97 bits per heavy atom. The molecule has 3 heterocycles. The summed E-state index contributed by atoms with van der Waals surface area (Å²) in [4.78, 5) is 19.5. The molecule has 1 aliphatic heterocycles. The van der Waals surface area contributed by atoms with Crippen LogP contribution in [0.5, 0.6) is 0 Å². The Hall–Kier alpha value is -3.00. The molecule has 1 amide bonds. The third-order valence-corrected chi connectivity index (χ3v) is 5.22. The monoisotopic (exact) mass is 394 g/mol. The minimum atomic E-state index is -0.444. The third kappa shape index (κ3) is 3.44. The number of aryl methyl sites for hydroxylation is 2. The maximum absolute atomic E-state index is 12.8. The lowest BCUT2D eigenvalue weighted by Gasteiger charge is -2.43. The maximum Gasteiger partial charge on any atom is 0.249 e. The molecule has 3 aromatic rings. The van der Waals surface area contributed by atoms with E-state index < -0.39 is 6.10 Å². The van der Waals surface area contributed by atoms with Gasteiger partial charge in [-0.1, -0.05) is 37.3 Å². The summed E-state index contributed by atoms with van der Waals surface area (Å²) in [5.74, 6) is 2.19. The molecule has 1 saturated heterocycles. The van der Waals surface area contributed by atoms with Crippen molar-refractivity contribution in [3.05, 3.63) is 59.8 Å². The molecule has 4 rings (SSSR count). The summed E-state index contributed by atoms with van der Waals surface area (Å²) in [6.45, 7) is 6.10. The van der Waals surface area contributed by atoms with E-state index in [0.717, 1.165) is 17.2 Å². The number of carbonyl (C=O) groups is 1. The second-order valence-electron chi connectivity index (χ2n) is 7.45. The predicted molar refractivity (Wildman–Crippen MR) is 107 cm³/mol. The van der Waals surface area contributed by atoms with Crippen molar-refractivity contribution in [2.24, 2.45) is 7.05 Å². The fourth-order valence-electron chi connectivity index (χ4n) is 3.88. The summed E-state index contributed by atoms with van der Waals surface area (Å²) < 4.78 is 9.66. The second kappa shape index (κ2) is 7.79. The number of hydrogen-bond acceptors (Lipinski definition) is 5. The number of carbonyl (C=O) groups excluding carboxylic acids is 1. The van der Waals surface area contributed by atoms with Gasteiger partial charge in [0.25, 0.3) is 0 Å². The highest BCUT2D eigenvalue weighted by Crippen LogP contribution is 2.41. The molecule has 0 bridgehead atoms. The molecule has 0 radical (unpaired) electrons. The molecule has 0 unspecified atom stereocenters. The van der Waals surface area contributed by atoms with Crippen LogP contribution in [0, 0.1) is 0 Å². The van der Waals surface area contributed by atoms with E-state index in [0.29, 0.717) is 12.2 Å². The SMILES string of the molecule is CCc1nc([C@H]2OCC(=O)N(C(C)C)[C@@H]2c2ccccc2)n(-c2ccnn2C)n1. The Labute approximate surface area is 170 Å². The van der Waals surface area contributed by atoms with Crippen LogP contribution in [0.15, 0.2) is 42.6 Å². The van der Waals surface area contributed by atoms with Crippen molar-refractivity contribution in [3.63, 3.8) is 0 Å². The molecule has 0 aliphatic carbocycles. The average Bonchev–Trinajstić information content (AvgIpc) is 3.33. The van der Waals surface area contributed by atoms with Crippen molar-refractivity contribution in [2.45, 2.75) is 45.4 Å². The quantitative estimate of drug-likeness (QED) is 0.665. The molecule has 2 aromatic heterocycles. The number of morpholine rings is 1. The lowest BCUT2D eigenvalue weighted by molar-refractivity contribution is -0.162. The van der Waals surface area contributed by atoms with Crippen molar-refractivity contribution in [1.29, 1.82) is 0 Å². The molecule has 8 nitrogen and oxygen atoms in total. The lowest BCUT2D eigenvalue weighted by Crippen LogP contribution is -2.49. The summed E-state index contributed by atoms with van der Waals surface area (Å²) in [5, 5.41) is 8.95. The van der Waals surface area contributed by atoms with E-state index in [-0.39, 0.29) is 24.6 Å². The first-order valence-electron chi connectivity index (χ1n) is 9.93. The Bertz CT molecular complexity index is 994. The van der Waals surface area contributed by atoms with E-state index in [1.54, 1.807) is 15.6 Å². The van der Waals surface area contributed by atoms with E-state index in [4.69, 9.17) is 9.72 Å². The van der Waals surface area contributed by atoms with Gasteiger partial charge in [0.2, 0.25) is 5.91 Å². The van der Waals surface area contributed by atoms with Gasteiger partial charge in [-0.05, 0) is 19.4 Å². The van der Waals surface area contributed by atoms with E-state index in [1.165, 1.54) is 0 Å². The number of amides is 1. The summed E-state index contributed by atoms with van der Waals surface area (Å²) in [6.07, 6.45) is 1.99. The van der Waals surface area contributed by atoms with Crippen LogP contribution in [-0.4, -0.2) is 48.0 Å². The van der Waals surface area contributed by atoms with E-state index in [2.05, 4.69) is 10.2 Å². The zero-order valence-corrected chi connectivity index (χ0v) is 17.2. The average molecular weight is 394 g/mol. The van der Waals surface area contributed by atoms with Crippen molar-refractivity contribution in [3.8, 4) is 5.82 Å².